The summed E-state index contributed by atoms with van der Waals surface area (Å²) in [6.45, 7) is 1.81. The van der Waals surface area contributed by atoms with E-state index in [4.69, 9.17) is 16.4 Å². The van der Waals surface area contributed by atoms with E-state index in [2.05, 4.69) is 4.98 Å². The maximum Gasteiger partial charge on any atom is 0.280 e. The summed E-state index contributed by atoms with van der Waals surface area (Å²) >= 11 is 6.22. The highest BCUT2D eigenvalue weighted by Gasteiger charge is 2.27. The molecule has 1 aromatic heterocycles. The maximum absolute atomic E-state index is 13.9. The van der Waals surface area contributed by atoms with Gasteiger partial charge in [-0.2, -0.15) is 0 Å². The number of hydroxylamine groups is 2. The molecule has 1 aromatic carbocycles. The van der Waals surface area contributed by atoms with Gasteiger partial charge in [0.2, 0.25) is 0 Å². The molecule has 1 unspecified atom stereocenters. The molecule has 0 aliphatic heterocycles. The summed E-state index contributed by atoms with van der Waals surface area (Å²) in [5.41, 5.74) is 2.88. The van der Waals surface area contributed by atoms with Gasteiger partial charge in [0.15, 0.2) is 0 Å². The van der Waals surface area contributed by atoms with Crippen LogP contribution in [-0.4, -0.2) is 29.1 Å². The van der Waals surface area contributed by atoms with Crippen LogP contribution in [0.15, 0.2) is 30.3 Å². The average molecular weight is 363 g/mol. The van der Waals surface area contributed by atoms with E-state index in [1.165, 1.54) is 18.2 Å². The number of pyridine rings is 1. The summed E-state index contributed by atoms with van der Waals surface area (Å²) in [7, 11) is 1.42. The van der Waals surface area contributed by atoms with E-state index in [9.17, 15) is 9.18 Å². The van der Waals surface area contributed by atoms with Crippen molar-refractivity contribution >= 4 is 17.5 Å². The highest BCUT2D eigenvalue weighted by atomic mass is 35.5. The molecule has 0 saturated heterocycles. The third-order valence-electron chi connectivity index (χ3n) is 4.51. The zero-order chi connectivity index (χ0) is 18.0. The summed E-state index contributed by atoms with van der Waals surface area (Å²) in [5, 5.41) is 1.42. The Labute approximate surface area is 151 Å². The number of nitrogens with zero attached hydrogens (tertiary/aromatic N) is 2. The van der Waals surface area contributed by atoms with Crippen molar-refractivity contribution in [3.05, 3.63) is 63.7 Å². The highest BCUT2D eigenvalue weighted by molar-refractivity contribution is 6.32. The van der Waals surface area contributed by atoms with E-state index < -0.39 is 0 Å². The lowest BCUT2D eigenvalue weighted by Crippen LogP contribution is -2.39. The minimum absolute atomic E-state index is 0.186. The quantitative estimate of drug-likeness (QED) is 0.596. The minimum atomic E-state index is -0.362. The number of hydrogen-bond acceptors (Lipinski definition) is 3. The standard InChI is InChI=1S/C19H20ClFN2O2/c1-12(10-13-6-3-4-8-16(13)21)23(25-2)19(24)15-11-14-7-5-9-17(14)22-18(15)20/h3-4,6,8,11-12H,5,7,9-10H2,1-2H3. The zero-order valence-electron chi connectivity index (χ0n) is 14.3. The smallest absolute Gasteiger partial charge is 0.274 e. The van der Waals surface area contributed by atoms with Gasteiger partial charge >= 0.3 is 0 Å². The van der Waals surface area contributed by atoms with Gasteiger partial charge in [0.25, 0.3) is 5.91 Å². The Morgan fingerprint density at radius 3 is 2.88 bits per heavy atom. The van der Waals surface area contributed by atoms with E-state index in [0.717, 1.165) is 30.5 Å². The van der Waals surface area contributed by atoms with Gasteiger partial charge in [-0.3, -0.25) is 9.63 Å². The van der Waals surface area contributed by atoms with Crippen LogP contribution in [0.5, 0.6) is 0 Å². The molecule has 1 heterocycles. The molecule has 3 rings (SSSR count). The van der Waals surface area contributed by atoms with Gasteiger partial charge in [-0.15, -0.1) is 0 Å². The lowest BCUT2D eigenvalue weighted by atomic mass is 10.1. The Morgan fingerprint density at radius 2 is 2.16 bits per heavy atom. The normalized spacial score (nSPS) is 14.2. The van der Waals surface area contributed by atoms with Crippen LogP contribution in [-0.2, 0) is 24.1 Å². The Kier molecular flexibility index (Phi) is 5.35. The van der Waals surface area contributed by atoms with Gasteiger partial charge in [-0.25, -0.2) is 14.4 Å². The van der Waals surface area contributed by atoms with Crippen molar-refractivity contribution in [3.63, 3.8) is 0 Å². The molecule has 1 amide bonds. The van der Waals surface area contributed by atoms with Crippen molar-refractivity contribution in [2.24, 2.45) is 0 Å². The predicted molar refractivity (Wildman–Crippen MR) is 94.0 cm³/mol. The number of aryl methyl sites for hydroxylation is 2. The summed E-state index contributed by atoms with van der Waals surface area (Å²) in [4.78, 5) is 22.5. The average Bonchev–Trinajstić information content (AvgIpc) is 3.03. The molecule has 0 saturated carbocycles. The van der Waals surface area contributed by atoms with Crippen molar-refractivity contribution < 1.29 is 14.0 Å². The van der Waals surface area contributed by atoms with Gasteiger partial charge in [-0.05, 0) is 55.9 Å². The zero-order valence-corrected chi connectivity index (χ0v) is 15.0. The Morgan fingerprint density at radius 1 is 1.40 bits per heavy atom. The fourth-order valence-corrected chi connectivity index (χ4v) is 3.48. The number of aromatic nitrogens is 1. The highest BCUT2D eigenvalue weighted by Crippen LogP contribution is 2.27. The fourth-order valence-electron chi connectivity index (χ4n) is 3.24. The number of rotatable bonds is 5. The molecule has 1 aliphatic carbocycles. The number of fused-ring (bicyclic) bond motifs is 1. The molecule has 2 aromatic rings. The van der Waals surface area contributed by atoms with Gasteiger partial charge < -0.3 is 0 Å². The van der Waals surface area contributed by atoms with Crippen LogP contribution in [0.1, 0.15) is 40.5 Å². The Balaban J connectivity index is 1.83. The Hall–Kier alpha value is -1.98. The molecule has 1 atom stereocenters. The summed E-state index contributed by atoms with van der Waals surface area (Å²) in [6, 6.07) is 7.96. The summed E-state index contributed by atoms with van der Waals surface area (Å²) < 4.78 is 13.9. The molecule has 25 heavy (non-hydrogen) atoms. The van der Waals surface area contributed by atoms with Crippen molar-refractivity contribution in [1.82, 2.24) is 10.0 Å². The third kappa shape index (κ3) is 3.67. The first-order chi connectivity index (χ1) is 12.0. The predicted octanol–water partition coefficient (Wildman–Crippen LogP) is 4.00. The largest absolute Gasteiger partial charge is 0.280 e. The van der Waals surface area contributed by atoms with E-state index in [-0.39, 0.29) is 22.9 Å². The monoisotopic (exact) mass is 362 g/mol. The second-order valence-corrected chi connectivity index (χ2v) is 6.60. The molecule has 0 spiro atoms. The van der Waals surface area contributed by atoms with Crippen LogP contribution in [0.3, 0.4) is 0 Å². The number of carbonyl (C=O) groups is 1. The number of carbonyl (C=O) groups excluding carboxylic acids is 1. The molecular weight excluding hydrogens is 343 g/mol. The molecular formula is C19H20ClFN2O2. The molecule has 0 N–H and O–H groups in total. The van der Waals surface area contributed by atoms with Crippen LogP contribution in [0.2, 0.25) is 5.15 Å². The number of amides is 1. The molecule has 0 fully saturated rings. The maximum atomic E-state index is 13.9. The van der Waals surface area contributed by atoms with E-state index in [0.29, 0.717) is 17.5 Å². The van der Waals surface area contributed by atoms with Crippen LogP contribution < -0.4 is 0 Å². The van der Waals surface area contributed by atoms with Crippen LogP contribution in [0.4, 0.5) is 4.39 Å². The molecule has 6 heteroatoms. The van der Waals surface area contributed by atoms with E-state index in [1.54, 1.807) is 18.2 Å². The number of benzene rings is 1. The van der Waals surface area contributed by atoms with Crippen molar-refractivity contribution in [2.75, 3.05) is 7.11 Å². The fraction of sp³-hybridized carbons (Fsp3) is 0.368. The molecule has 4 nitrogen and oxygen atoms in total. The SMILES string of the molecule is CON(C(=O)c1cc2c(nc1Cl)CCC2)C(C)Cc1ccccc1F. The van der Waals surface area contributed by atoms with Crippen molar-refractivity contribution in [3.8, 4) is 0 Å². The van der Waals surface area contributed by atoms with Gasteiger partial charge in [0, 0.05) is 5.69 Å². The summed E-state index contributed by atoms with van der Waals surface area (Å²) in [6.07, 6.45) is 3.15. The molecule has 1 aliphatic rings. The second kappa shape index (κ2) is 7.50. The second-order valence-electron chi connectivity index (χ2n) is 6.24. The Bertz CT molecular complexity index is 797. The lowest BCUT2D eigenvalue weighted by molar-refractivity contribution is -0.119. The lowest BCUT2D eigenvalue weighted by Gasteiger charge is -2.27. The molecule has 0 radical (unpaired) electrons. The van der Waals surface area contributed by atoms with Crippen LogP contribution >= 0.6 is 11.6 Å². The number of hydrogen-bond donors (Lipinski definition) is 0. The topological polar surface area (TPSA) is 42.4 Å². The van der Waals surface area contributed by atoms with Crippen LogP contribution in [0.25, 0.3) is 0 Å². The molecule has 0 bridgehead atoms. The van der Waals surface area contributed by atoms with E-state index >= 15 is 0 Å². The molecule has 132 valence electrons. The van der Waals surface area contributed by atoms with Crippen molar-refractivity contribution in [1.29, 1.82) is 0 Å². The first kappa shape index (κ1) is 17.8. The van der Waals surface area contributed by atoms with Crippen molar-refractivity contribution in [2.45, 2.75) is 38.6 Å². The first-order valence-electron chi connectivity index (χ1n) is 8.30. The van der Waals surface area contributed by atoms with Gasteiger partial charge in [0.1, 0.15) is 11.0 Å². The number of halogens is 2. The first-order valence-corrected chi connectivity index (χ1v) is 8.68. The minimum Gasteiger partial charge on any atom is -0.274 e. The third-order valence-corrected chi connectivity index (χ3v) is 4.79. The van der Waals surface area contributed by atoms with Crippen LogP contribution in [0, 0.1) is 5.82 Å². The van der Waals surface area contributed by atoms with Gasteiger partial charge in [-0.1, -0.05) is 29.8 Å². The van der Waals surface area contributed by atoms with E-state index in [1.807, 2.05) is 13.0 Å². The summed E-state index contributed by atoms with van der Waals surface area (Å²) in [5.74, 6) is -0.659. The van der Waals surface area contributed by atoms with Gasteiger partial charge in [0.05, 0.1) is 18.7 Å².